The Balaban J connectivity index is 2.01. The number of nitrogens with zero attached hydrogens (tertiary/aromatic N) is 2. The van der Waals surface area contributed by atoms with Gasteiger partial charge in [0.1, 0.15) is 0 Å². The largest absolute Gasteiger partial charge is 0.481 e. The fourth-order valence-corrected chi connectivity index (χ4v) is 1.83. The van der Waals surface area contributed by atoms with Crippen molar-refractivity contribution in [2.24, 2.45) is 7.05 Å². The normalized spacial score (nSPS) is 10.7. The third-order valence-corrected chi connectivity index (χ3v) is 2.81. The van der Waals surface area contributed by atoms with Crippen molar-refractivity contribution in [3.63, 3.8) is 0 Å². The maximum absolute atomic E-state index is 11.8. The molecule has 1 aromatic carbocycles. The smallest absolute Gasteiger partial charge is 0.307 e. The highest BCUT2D eigenvalue weighted by Crippen LogP contribution is 2.11. The molecule has 0 spiro atoms. The van der Waals surface area contributed by atoms with Crippen molar-refractivity contribution in [1.29, 1.82) is 0 Å². The zero-order valence-corrected chi connectivity index (χ0v) is 11.5. The van der Waals surface area contributed by atoms with E-state index in [4.69, 9.17) is 5.11 Å². The van der Waals surface area contributed by atoms with Gasteiger partial charge in [0.05, 0.1) is 12.1 Å². The van der Waals surface area contributed by atoms with Crippen LogP contribution in [0.1, 0.15) is 11.3 Å². The maximum Gasteiger partial charge on any atom is 0.307 e. The van der Waals surface area contributed by atoms with Crippen molar-refractivity contribution in [3.8, 4) is 0 Å². The molecule has 6 nitrogen and oxygen atoms in total. The molecule has 0 saturated heterocycles. The van der Waals surface area contributed by atoms with Gasteiger partial charge in [-0.3, -0.25) is 14.3 Å². The Morgan fingerprint density at radius 3 is 2.86 bits per heavy atom. The lowest BCUT2D eigenvalue weighted by molar-refractivity contribution is -0.136. The molecule has 0 unspecified atom stereocenters. The zero-order chi connectivity index (χ0) is 15.2. The lowest BCUT2D eigenvalue weighted by Gasteiger charge is -2.04. The van der Waals surface area contributed by atoms with Gasteiger partial charge < -0.3 is 10.4 Å². The van der Waals surface area contributed by atoms with Gasteiger partial charge in [0.15, 0.2) is 0 Å². The van der Waals surface area contributed by atoms with Crippen LogP contribution in [0.3, 0.4) is 0 Å². The number of carboxylic acid groups (broad SMARTS) is 1. The predicted molar refractivity (Wildman–Crippen MR) is 78.7 cm³/mol. The van der Waals surface area contributed by atoms with Crippen LogP contribution in [0.2, 0.25) is 0 Å². The molecule has 0 atom stereocenters. The number of amides is 1. The number of carbonyl (C=O) groups is 2. The Labute approximate surface area is 121 Å². The Hall–Kier alpha value is -2.89. The van der Waals surface area contributed by atoms with E-state index >= 15 is 0 Å². The molecule has 0 aliphatic heterocycles. The molecule has 1 aromatic heterocycles. The first-order chi connectivity index (χ1) is 10.0. The number of anilines is 1. The monoisotopic (exact) mass is 285 g/mol. The van der Waals surface area contributed by atoms with E-state index in [2.05, 4.69) is 10.4 Å². The topological polar surface area (TPSA) is 84.2 Å². The summed E-state index contributed by atoms with van der Waals surface area (Å²) in [6.45, 7) is 0. The van der Waals surface area contributed by atoms with Gasteiger partial charge in [-0.15, -0.1) is 0 Å². The second-order valence-electron chi connectivity index (χ2n) is 4.47. The molecule has 2 aromatic rings. The molecular formula is C15H15N3O3. The van der Waals surface area contributed by atoms with E-state index in [1.54, 1.807) is 54.3 Å². The highest BCUT2D eigenvalue weighted by atomic mass is 16.4. The molecule has 0 aliphatic rings. The van der Waals surface area contributed by atoms with Gasteiger partial charge in [0, 0.05) is 25.0 Å². The van der Waals surface area contributed by atoms with Crippen molar-refractivity contribution < 1.29 is 14.7 Å². The van der Waals surface area contributed by atoms with Crippen LogP contribution in [0.4, 0.5) is 5.69 Å². The second kappa shape index (κ2) is 6.51. The average molecular weight is 285 g/mol. The molecular weight excluding hydrogens is 270 g/mol. The quantitative estimate of drug-likeness (QED) is 0.819. The molecule has 2 N–H and O–H groups in total. The fraction of sp³-hybridized carbons (Fsp3) is 0.133. The number of aromatic nitrogens is 2. The van der Waals surface area contributed by atoms with Gasteiger partial charge >= 0.3 is 5.97 Å². The van der Waals surface area contributed by atoms with Crippen LogP contribution >= 0.6 is 0 Å². The number of rotatable bonds is 5. The van der Waals surface area contributed by atoms with Crippen molar-refractivity contribution in [2.45, 2.75) is 6.42 Å². The summed E-state index contributed by atoms with van der Waals surface area (Å²) in [7, 11) is 1.78. The molecule has 0 fully saturated rings. The van der Waals surface area contributed by atoms with E-state index in [0.717, 1.165) is 5.69 Å². The average Bonchev–Trinajstić information content (AvgIpc) is 2.81. The molecule has 6 heteroatoms. The molecule has 0 saturated carbocycles. The zero-order valence-electron chi connectivity index (χ0n) is 11.5. The van der Waals surface area contributed by atoms with E-state index in [1.165, 1.54) is 6.08 Å². The Bertz CT molecular complexity index is 689. The summed E-state index contributed by atoms with van der Waals surface area (Å²) in [4.78, 5) is 22.5. The van der Waals surface area contributed by atoms with E-state index in [9.17, 15) is 9.59 Å². The van der Waals surface area contributed by atoms with E-state index in [-0.39, 0.29) is 12.3 Å². The first-order valence-corrected chi connectivity index (χ1v) is 6.32. The van der Waals surface area contributed by atoms with Crippen LogP contribution in [0.15, 0.2) is 42.6 Å². The standard InChI is InChI=1S/C15H15N3O3/c1-18-13(7-8-16-18)5-6-14(19)17-12-4-2-3-11(9-12)10-15(20)21/h2-9H,10H2,1H3,(H,17,19)(H,20,21). The first-order valence-electron chi connectivity index (χ1n) is 6.32. The molecule has 2 rings (SSSR count). The number of nitrogens with one attached hydrogen (secondary N) is 1. The van der Waals surface area contributed by atoms with Crippen LogP contribution in [-0.4, -0.2) is 26.8 Å². The van der Waals surface area contributed by atoms with E-state index < -0.39 is 5.97 Å². The highest BCUT2D eigenvalue weighted by molar-refractivity contribution is 6.01. The number of hydrogen-bond acceptors (Lipinski definition) is 3. The summed E-state index contributed by atoms with van der Waals surface area (Å²) in [6.07, 6.45) is 4.63. The summed E-state index contributed by atoms with van der Waals surface area (Å²) in [5, 5.41) is 15.4. The SMILES string of the molecule is Cn1nccc1C=CC(=O)Nc1cccc(CC(=O)O)c1. The maximum atomic E-state index is 11.8. The summed E-state index contributed by atoms with van der Waals surface area (Å²) in [6, 6.07) is 8.55. The lowest BCUT2D eigenvalue weighted by atomic mass is 10.1. The summed E-state index contributed by atoms with van der Waals surface area (Å²) in [5.74, 6) is -1.20. The van der Waals surface area contributed by atoms with Crippen LogP contribution in [0, 0.1) is 0 Å². The fourth-order valence-electron chi connectivity index (χ4n) is 1.83. The Morgan fingerprint density at radius 2 is 2.19 bits per heavy atom. The first kappa shape index (κ1) is 14.5. The number of carboxylic acids is 1. The van der Waals surface area contributed by atoms with E-state index in [1.807, 2.05) is 0 Å². The minimum atomic E-state index is -0.908. The third kappa shape index (κ3) is 4.31. The number of hydrogen-bond donors (Lipinski definition) is 2. The van der Waals surface area contributed by atoms with Gasteiger partial charge in [-0.25, -0.2) is 0 Å². The lowest BCUT2D eigenvalue weighted by Crippen LogP contribution is -2.08. The molecule has 108 valence electrons. The molecule has 0 aliphatic carbocycles. The van der Waals surface area contributed by atoms with Crippen molar-refractivity contribution in [3.05, 3.63) is 53.9 Å². The highest BCUT2D eigenvalue weighted by Gasteiger charge is 2.03. The van der Waals surface area contributed by atoms with Gasteiger partial charge in [0.25, 0.3) is 0 Å². The van der Waals surface area contributed by atoms with Gasteiger partial charge in [-0.2, -0.15) is 5.10 Å². The summed E-state index contributed by atoms with van der Waals surface area (Å²) >= 11 is 0. The minimum Gasteiger partial charge on any atom is -0.481 e. The molecule has 1 amide bonds. The minimum absolute atomic E-state index is 0.0748. The number of carbonyl (C=O) groups excluding carboxylic acids is 1. The number of aryl methyl sites for hydroxylation is 1. The van der Waals surface area contributed by atoms with Crippen LogP contribution < -0.4 is 5.32 Å². The second-order valence-corrected chi connectivity index (χ2v) is 4.47. The van der Waals surface area contributed by atoms with Crippen molar-refractivity contribution >= 4 is 23.6 Å². The molecule has 0 radical (unpaired) electrons. The predicted octanol–water partition coefficient (Wildman–Crippen LogP) is 1.70. The van der Waals surface area contributed by atoms with Crippen LogP contribution in [0.5, 0.6) is 0 Å². The molecule has 21 heavy (non-hydrogen) atoms. The Morgan fingerprint density at radius 1 is 1.38 bits per heavy atom. The van der Waals surface area contributed by atoms with Crippen LogP contribution in [-0.2, 0) is 23.1 Å². The number of aliphatic carboxylic acids is 1. The van der Waals surface area contributed by atoms with Crippen molar-refractivity contribution in [2.75, 3.05) is 5.32 Å². The molecule has 0 bridgehead atoms. The number of benzene rings is 1. The molecule has 1 heterocycles. The van der Waals surface area contributed by atoms with Gasteiger partial charge in [0.2, 0.25) is 5.91 Å². The summed E-state index contributed by atoms with van der Waals surface area (Å²) < 4.78 is 1.65. The third-order valence-electron chi connectivity index (χ3n) is 2.81. The van der Waals surface area contributed by atoms with Gasteiger partial charge in [-0.05, 0) is 29.8 Å². The van der Waals surface area contributed by atoms with Crippen LogP contribution in [0.25, 0.3) is 6.08 Å². The van der Waals surface area contributed by atoms with Gasteiger partial charge in [-0.1, -0.05) is 12.1 Å². The Kier molecular flexibility index (Phi) is 4.50. The summed E-state index contributed by atoms with van der Waals surface area (Å²) in [5.41, 5.74) is 2.01. The van der Waals surface area contributed by atoms with Crippen molar-refractivity contribution in [1.82, 2.24) is 9.78 Å². The van der Waals surface area contributed by atoms with E-state index in [0.29, 0.717) is 11.3 Å².